The average Bonchev–Trinajstić information content (AvgIpc) is 2.81. The van der Waals surface area contributed by atoms with Gasteiger partial charge in [0, 0.05) is 23.1 Å². The van der Waals surface area contributed by atoms with Crippen LogP contribution in [0.2, 0.25) is 10.0 Å². The van der Waals surface area contributed by atoms with Gasteiger partial charge in [0.1, 0.15) is 0 Å². The van der Waals surface area contributed by atoms with Crippen LogP contribution in [0.3, 0.4) is 0 Å². The zero-order chi connectivity index (χ0) is 13.8. The Labute approximate surface area is 123 Å². The molecule has 3 nitrogen and oxygen atoms in total. The van der Waals surface area contributed by atoms with E-state index in [1.54, 1.807) is 6.07 Å². The Hall–Kier alpha value is -0.770. The molecule has 0 bridgehead atoms. The standard InChI is InChI=1S/C14H18Cl2N2O/c1-2-17-14(19)13-4-3-7-18(13)9-10-5-6-11(15)8-12(10)16/h5-6,8,13H,2-4,7,9H2,1H3,(H,17,19). The zero-order valence-corrected chi connectivity index (χ0v) is 12.5. The van der Waals surface area contributed by atoms with Crippen molar-refractivity contribution in [1.82, 2.24) is 10.2 Å². The predicted octanol–water partition coefficient (Wildman–Crippen LogP) is 3.09. The summed E-state index contributed by atoms with van der Waals surface area (Å²) < 4.78 is 0. The summed E-state index contributed by atoms with van der Waals surface area (Å²) in [5.41, 5.74) is 1.02. The second-order valence-corrected chi connectivity index (χ2v) is 5.60. The number of hydrogen-bond acceptors (Lipinski definition) is 2. The first kappa shape index (κ1) is 14.6. The Bertz CT molecular complexity index is 465. The van der Waals surface area contributed by atoms with Crippen LogP contribution in [0.4, 0.5) is 0 Å². The zero-order valence-electron chi connectivity index (χ0n) is 11.0. The van der Waals surface area contributed by atoms with Crippen molar-refractivity contribution in [2.75, 3.05) is 13.1 Å². The van der Waals surface area contributed by atoms with Gasteiger partial charge in [0.15, 0.2) is 0 Å². The van der Waals surface area contributed by atoms with Crippen molar-refractivity contribution in [3.05, 3.63) is 33.8 Å². The van der Waals surface area contributed by atoms with Crippen LogP contribution in [-0.2, 0) is 11.3 Å². The highest BCUT2D eigenvalue weighted by Gasteiger charge is 2.30. The van der Waals surface area contributed by atoms with Gasteiger partial charge in [-0.1, -0.05) is 29.3 Å². The van der Waals surface area contributed by atoms with Crippen LogP contribution in [-0.4, -0.2) is 29.9 Å². The Morgan fingerprint density at radius 1 is 1.47 bits per heavy atom. The number of carbonyl (C=O) groups is 1. The van der Waals surface area contributed by atoms with Crippen molar-refractivity contribution in [2.45, 2.75) is 32.4 Å². The minimum atomic E-state index is -0.0355. The van der Waals surface area contributed by atoms with Crippen molar-refractivity contribution in [3.63, 3.8) is 0 Å². The Morgan fingerprint density at radius 3 is 2.95 bits per heavy atom. The molecule has 1 aromatic carbocycles. The lowest BCUT2D eigenvalue weighted by Gasteiger charge is -2.24. The number of rotatable bonds is 4. The molecule has 2 rings (SSSR count). The topological polar surface area (TPSA) is 32.3 Å². The molecule has 0 saturated carbocycles. The van der Waals surface area contributed by atoms with Gasteiger partial charge >= 0.3 is 0 Å². The maximum absolute atomic E-state index is 12.0. The summed E-state index contributed by atoms with van der Waals surface area (Å²) in [5.74, 6) is 0.116. The molecule has 1 fully saturated rings. The summed E-state index contributed by atoms with van der Waals surface area (Å²) in [6, 6.07) is 5.47. The summed E-state index contributed by atoms with van der Waals surface area (Å²) in [6.07, 6.45) is 1.96. The maximum atomic E-state index is 12.0. The van der Waals surface area contributed by atoms with Crippen LogP contribution in [0.1, 0.15) is 25.3 Å². The fourth-order valence-electron chi connectivity index (χ4n) is 2.47. The van der Waals surface area contributed by atoms with Gasteiger partial charge in [-0.3, -0.25) is 9.69 Å². The molecule has 1 aliphatic rings. The molecule has 1 heterocycles. The van der Waals surface area contributed by atoms with Crippen molar-refractivity contribution < 1.29 is 4.79 Å². The molecular formula is C14H18Cl2N2O. The van der Waals surface area contributed by atoms with Crippen LogP contribution in [0.15, 0.2) is 18.2 Å². The SMILES string of the molecule is CCNC(=O)C1CCCN1Cc1ccc(Cl)cc1Cl. The molecule has 1 amide bonds. The molecule has 0 radical (unpaired) electrons. The molecule has 1 aliphatic heterocycles. The fraction of sp³-hybridized carbons (Fsp3) is 0.500. The van der Waals surface area contributed by atoms with Gasteiger partial charge in [0.2, 0.25) is 5.91 Å². The van der Waals surface area contributed by atoms with Gasteiger partial charge < -0.3 is 5.32 Å². The molecular weight excluding hydrogens is 283 g/mol. The normalized spacial score (nSPS) is 19.6. The molecule has 1 atom stereocenters. The predicted molar refractivity (Wildman–Crippen MR) is 78.6 cm³/mol. The van der Waals surface area contributed by atoms with Crippen LogP contribution in [0.25, 0.3) is 0 Å². The molecule has 19 heavy (non-hydrogen) atoms. The van der Waals surface area contributed by atoms with Crippen molar-refractivity contribution in [2.24, 2.45) is 0 Å². The number of nitrogens with one attached hydrogen (secondary N) is 1. The monoisotopic (exact) mass is 300 g/mol. The maximum Gasteiger partial charge on any atom is 0.237 e. The summed E-state index contributed by atoms with van der Waals surface area (Å²) in [4.78, 5) is 14.2. The van der Waals surface area contributed by atoms with Crippen LogP contribution >= 0.6 is 23.2 Å². The second kappa shape index (κ2) is 6.60. The van der Waals surface area contributed by atoms with E-state index in [1.165, 1.54) is 0 Å². The minimum Gasteiger partial charge on any atom is -0.355 e. The lowest BCUT2D eigenvalue weighted by atomic mass is 10.1. The second-order valence-electron chi connectivity index (χ2n) is 4.76. The van der Waals surface area contributed by atoms with Gasteiger partial charge in [-0.2, -0.15) is 0 Å². The Balaban J connectivity index is 2.07. The van der Waals surface area contributed by atoms with E-state index < -0.39 is 0 Å². The van der Waals surface area contributed by atoms with Gasteiger partial charge in [-0.15, -0.1) is 0 Å². The van der Waals surface area contributed by atoms with E-state index in [9.17, 15) is 4.79 Å². The summed E-state index contributed by atoms with van der Waals surface area (Å²) in [7, 11) is 0. The van der Waals surface area contributed by atoms with Gasteiger partial charge in [-0.05, 0) is 44.0 Å². The molecule has 1 saturated heterocycles. The van der Waals surface area contributed by atoms with Gasteiger partial charge in [0.25, 0.3) is 0 Å². The number of amides is 1. The smallest absolute Gasteiger partial charge is 0.237 e. The van der Waals surface area contributed by atoms with E-state index in [0.29, 0.717) is 23.1 Å². The van der Waals surface area contributed by atoms with Crippen molar-refractivity contribution >= 4 is 29.1 Å². The summed E-state index contributed by atoms with van der Waals surface area (Å²) >= 11 is 12.1. The quantitative estimate of drug-likeness (QED) is 0.927. The molecule has 5 heteroatoms. The van der Waals surface area contributed by atoms with Gasteiger partial charge in [0.05, 0.1) is 6.04 Å². The first-order chi connectivity index (χ1) is 9.11. The Morgan fingerprint density at radius 2 is 2.26 bits per heavy atom. The first-order valence-electron chi connectivity index (χ1n) is 6.57. The lowest BCUT2D eigenvalue weighted by Crippen LogP contribution is -2.42. The number of nitrogens with zero attached hydrogens (tertiary/aromatic N) is 1. The number of likely N-dealkylation sites (tertiary alicyclic amines) is 1. The van der Waals surface area contributed by atoms with E-state index in [0.717, 1.165) is 24.9 Å². The molecule has 1 unspecified atom stereocenters. The largest absolute Gasteiger partial charge is 0.355 e. The number of hydrogen-bond donors (Lipinski definition) is 1. The highest BCUT2D eigenvalue weighted by atomic mass is 35.5. The van der Waals surface area contributed by atoms with Crippen molar-refractivity contribution in [1.29, 1.82) is 0 Å². The number of benzene rings is 1. The minimum absolute atomic E-state index is 0.0355. The van der Waals surface area contributed by atoms with E-state index in [4.69, 9.17) is 23.2 Å². The third-order valence-corrected chi connectivity index (χ3v) is 3.99. The molecule has 0 spiro atoms. The van der Waals surface area contributed by atoms with E-state index >= 15 is 0 Å². The number of carbonyl (C=O) groups excluding carboxylic acids is 1. The lowest BCUT2D eigenvalue weighted by molar-refractivity contribution is -0.125. The van der Waals surface area contributed by atoms with E-state index in [-0.39, 0.29) is 11.9 Å². The first-order valence-corrected chi connectivity index (χ1v) is 7.33. The van der Waals surface area contributed by atoms with E-state index in [1.807, 2.05) is 19.1 Å². The third-order valence-electron chi connectivity index (χ3n) is 3.41. The number of halogens is 2. The number of likely N-dealkylation sites (N-methyl/N-ethyl adjacent to an activating group) is 1. The van der Waals surface area contributed by atoms with Crippen LogP contribution in [0, 0.1) is 0 Å². The average molecular weight is 301 g/mol. The third kappa shape index (κ3) is 3.62. The molecule has 1 aromatic rings. The molecule has 0 aliphatic carbocycles. The summed E-state index contributed by atoms with van der Waals surface area (Å²) in [5, 5.41) is 4.19. The highest BCUT2D eigenvalue weighted by Crippen LogP contribution is 2.26. The van der Waals surface area contributed by atoms with Crippen LogP contribution in [0.5, 0.6) is 0 Å². The Kier molecular flexibility index (Phi) is 5.08. The van der Waals surface area contributed by atoms with E-state index in [2.05, 4.69) is 10.2 Å². The molecule has 1 N–H and O–H groups in total. The fourth-order valence-corrected chi connectivity index (χ4v) is 2.94. The van der Waals surface area contributed by atoms with Crippen LogP contribution < -0.4 is 5.32 Å². The molecule has 0 aromatic heterocycles. The van der Waals surface area contributed by atoms with Crippen molar-refractivity contribution in [3.8, 4) is 0 Å². The summed E-state index contributed by atoms with van der Waals surface area (Å²) in [6.45, 7) is 4.23. The van der Waals surface area contributed by atoms with Gasteiger partial charge in [-0.25, -0.2) is 0 Å². The highest BCUT2D eigenvalue weighted by molar-refractivity contribution is 6.35. The molecule has 104 valence electrons.